The van der Waals surface area contributed by atoms with Crippen LogP contribution in [-0.4, -0.2) is 78.8 Å². The molecule has 2 atom stereocenters. The van der Waals surface area contributed by atoms with Crippen LogP contribution in [0.25, 0.3) is 0 Å². The average Bonchev–Trinajstić information content (AvgIpc) is 2.61. The Morgan fingerprint density at radius 1 is 1.00 bits per heavy atom. The average molecular weight is 252 g/mol. The van der Waals surface area contributed by atoms with Crippen LogP contribution in [0.1, 0.15) is 0 Å². The number of aliphatic hydroxyl groups is 2. The van der Waals surface area contributed by atoms with Crippen LogP contribution in [0.2, 0.25) is 0 Å². The maximum absolute atomic E-state index is 12.1. The van der Waals surface area contributed by atoms with E-state index in [1.54, 1.807) is 0 Å². The molecule has 2 fully saturated rings. The number of rotatable bonds is 2. The minimum absolute atomic E-state index is 0.0408. The molecule has 0 radical (unpaired) electrons. The van der Waals surface area contributed by atoms with Gasteiger partial charge in [-0.15, -0.1) is 0 Å². The monoisotopic (exact) mass is 252 g/mol. The van der Waals surface area contributed by atoms with Gasteiger partial charge in [0.25, 0.3) is 10.2 Å². The third kappa shape index (κ3) is 2.22. The molecule has 2 N–H and O–H groups in total. The zero-order valence-corrected chi connectivity index (χ0v) is 9.64. The van der Waals surface area contributed by atoms with E-state index in [1.807, 2.05) is 0 Å². The fourth-order valence-electron chi connectivity index (χ4n) is 1.86. The van der Waals surface area contributed by atoms with Gasteiger partial charge in [-0.2, -0.15) is 17.0 Å². The number of β-amino-alcohol motifs (C(OH)–C–C–N with tert-alkyl or cyclic N) is 2. The Morgan fingerprint density at radius 2 is 1.50 bits per heavy atom. The van der Waals surface area contributed by atoms with Gasteiger partial charge in [0.1, 0.15) is 0 Å². The van der Waals surface area contributed by atoms with Crippen LogP contribution in [-0.2, 0) is 14.9 Å². The highest BCUT2D eigenvalue weighted by Gasteiger charge is 2.40. The SMILES string of the molecule is O=S(=O)(N1CCOCC1)N1C[C@@H](O)[C@@H](O)C1. The summed E-state index contributed by atoms with van der Waals surface area (Å²) in [7, 11) is -3.56. The Bertz CT molecular complexity index is 330. The molecule has 0 bridgehead atoms. The first-order chi connectivity index (χ1) is 7.51. The second-order valence-corrected chi connectivity index (χ2v) is 5.90. The summed E-state index contributed by atoms with van der Waals surface area (Å²) in [5.74, 6) is 0. The third-order valence-corrected chi connectivity index (χ3v) is 4.82. The van der Waals surface area contributed by atoms with Crippen molar-refractivity contribution in [2.45, 2.75) is 12.2 Å². The molecular weight excluding hydrogens is 236 g/mol. The largest absolute Gasteiger partial charge is 0.389 e. The molecule has 0 aromatic rings. The number of nitrogens with zero attached hydrogens (tertiary/aromatic N) is 2. The highest BCUT2D eigenvalue weighted by atomic mass is 32.2. The molecule has 8 heteroatoms. The Hall–Kier alpha value is -0.250. The number of hydrogen-bond donors (Lipinski definition) is 2. The molecule has 0 aromatic carbocycles. The summed E-state index contributed by atoms with van der Waals surface area (Å²) < 4.78 is 31.6. The molecule has 0 saturated carbocycles. The van der Waals surface area contributed by atoms with Gasteiger partial charge in [0.05, 0.1) is 25.4 Å². The maximum atomic E-state index is 12.1. The lowest BCUT2D eigenvalue weighted by molar-refractivity contribution is 0.0572. The van der Waals surface area contributed by atoms with E-state index in [2.05, 4.69) is 0 Å². The van der Waals surface area contributed by atoms with Crippen molar-refractivity contribution < 1.29 is 23.4 Å². The molecule has 0 unspecified atom stereocenters. The Morgan fingerprint density at radius 3 is 2.00 bits per heavy atom. The van der Waals surface area contributed by atoms with Gasteiger partial charge >= 0.3 is 0 Å². The van der Waals surface area contributed by atoms with Gasteiger partial charge in [-0.3, -0.25) is 0 Å². The van der Waals surface area contributed by atoms with Gasteiger partial charge < -0.3 is 14.9 Å². The van der Waals surface area contributed by atoms with E-state index in [1.165, 1.54) is 4.31 Å². The van der Waals surface area contributed by atoms with Crippen LogP contribution in [0.3, 0.4) is 0 Å². The number of aliphatic hydroxyl groups excluding tert-OH is 2. The lowest BCUT2D eigenvalue weighted by Crippen LogP contribution is -2.48. The van der Waals surface area contributed by atoms with Gasteiger partial charge in [-0.1, -0.05) is 0 Å². The number of hydrogen-bond acceptors (Lipinski definition) is 5. The van der Waals surface area contributed by atoms with Gasteiger partial charge in [0, 0.05) is 26.2 Å². The van der Waals surface area contributed by atoms with Crippen LogP contribution in [0.5, 0.6) is 0 Å². The molecule has 0 amide bonds. The summed E-state index contributed by atoms with van der Waals surface area (Å²) in [5.41, 5.74) is 0. The Balaban J connectivity index is 2.07. The van der Waals surface area contributed by atoms with E-state index in [9.17, 15) is 18.6 Å². The van der Waals surface area contributed by atoms with Gasteiger partial charge in [-0.05, 0) is 0 Å². The van der Waals surface area contributed by atoms with Crippen molar-refractivity contribution in [1.82, 2.24) is 8.61 Å². The molecule has 2 saturated heterocycles. The predicted octanol–water partition coefficient (Wildman–Crippen LogP) is -2.40. The third-order valence-electron chi connectivity index (χ3n) is 2.85. The summed E-state index contributed by atoms with van der Waals surface area (Å²) >= 11 is 0. The molecule has 16 heavy (non-hydrogen) atoms. The fourth-order valence-corrected chi connectivity index (χ4v) is 3.48. The first-order valence-corrected chi connectivity index (χ1v) is 6.60. The van der Waals surface area contributed by atoms with E-state index >= 15 is 0 Å². The van der Waals surface area contributed by atoms with Crippen LogP contribution in [0.4, 0.5) is 0 Å². The number of morpholine rings is 1. The van der Waals surface area contributed by atoms with Crippen LogP contribution in [0.15, 0.2) is 0 Å². The van der Waals surface area contributed by atoms with E-state index in [0.717, 1.165) is 4.31 Å². The molecule has 2 aliphatic heterocycles. The molecule has 7 nitrogen and oxygen atoms in total. The minimum atomic E-state index is -3.56. The van der Waals surface area contributed by atoms with E-state index in [0.29, 0.717) is 26.3 Å². The van der Waals surface area contributed by atoms with Gasteiger partial charge in [0.2, 0.25) is 0 Å². The molecule has 2 aliphatic rings. The summed E-state index contributed by atoms with van der Waals surface area (Å²) in [4.78, 5) is 0. The van der Waals surface area contributed by atoms with Crippen molar-refractivity contribution >= 4 is 10.2 Å². The van der Waals surface area contributed by atoms with Gasteiger partial charge in [0.15, 0.2) is 0 Å². The van der Waals surface area contributed by atoms with Crippen molar-refractivity contribution in [3.63, 3.8) is 0 Å². The highest BCUT2D eigenvalue weighted by molar-refractivity contribution is 7.86. The minimum Gasteiger partial charge on any atom is -0.389 e. The second-order valence-electron chi connectivity index (χ2n) is 3.97. The Labute approximate surface area is 94.4 Å². The normalized spacial score (nSPS) is 34.4. The molecular formula is C8H16N2O5S. The molecule has 0 aliphatic carbocycles. The van der Waals surface area contributed by atoms with Crippen LogP contribution < -0.4 is 0 Å². The van der Waals surface area contributed by atoms with E-state index in [4.69, 9.17) is 4.74 Å². The number of ether oxygens (including phenoxy) is 1. The summed E-state index contributed by atoms with van der Waals surface area (Å²) in [6, 6.07) is 0. The molecule has 0 spiro atoms. The fraction of sp³-hybridized carbons (Fsp3) is 1.00. The van der Waals surface area contributed by atoms with Crippen molar-refractivity contribution in [1.29, 1.82) is 0 Å². The lowest BCUT2D eigenvalue weighted by Gasteiger charge is -2.29. The van der Waals surface area contributed by atoms with Crippen molar-refractivity contribution in [2.24, 2.45) is 0 Å². The quantitative estimate of drug-likeness (QED) is 0.572. The highest BCUT2D eigenvalue weighted by Crippen LogP contribution is 2.18. The summed E-state index contributed by atoms with van der Waals surface area (Å²) in [6.45, 7) is 1.34. The summed E-state index contributed by atoms with van der Waals surface area (Å²) in [5, 5.41) is 18.7. The molecule has 2 rings (SSSR count). The first-order valence-electron chi connectivity index (χ1n) is 5.21. The van der Waals surface area contributed by atoms with Gasteiger partial charge in [-0.25, -0.2) is 0 Å². The predicted molar refractivity (Wildman–Crippen MR) is 54.9 cm³/mol. The lowest BCUT2D eigenvalue weighted by atomic mass is 10.3. The zero-order valence-electron chi connectivity index (χ0n) is 8.82. The maximum Gasteiger partial charge on any atom is 0.282 e. The zero-order chi connectivity index (χ0) is 11.8. The molecule has 2 heterocycles. The van der Waals surface area contributed by atoms with E-state index in [-0.39, 0.29) is 13.1 Å². The molecule has 94 valence electrons. The topological polar surface area (TPSA) is 90.3 Å². The standard InChI is InChI=1S/C8H16N2O5S/c11-7-5-10(6-8(7)12)16(13,14)9-1-3-15-4-2-9/h7-8,11-12H,1-6H2/t7-,8+. The van der Waals surface area contributed by atoms with Crippen molar-refractivity contribution in [3.05, 3.63) is 0 Å². The molecule has 0 aromatic heterocycles. The van der Waals surface area contributed by atoms with Crippen LogP contribution >= 0.6 is 0 Å². The smallest absolute Gasteiger partial charge is 0.282 e. The van der Waals surface area contributed by atoms with E-state index < -0.39 is 22.4 Å². The Kier molecular flexibility index (Phi) is 3.48. The van der Waals surface area contributed by atoms with Crippen molar-refractivity contribution in [2.75, 3.05) is 39.4 Å². The summed E-state index contributed by atoms with van der Waals surface area (Å²) in [6.07, 6.45) is -1.98. The van der Waals surface area contributed by atoms with Crippen LogP contribution in [0, 0.1) is 0 Å². The second kappa shape index (κ2) is 4.55. The first kappa shape index (κ1) is 12.2. The van der Waals surface area contributed by atoms with Crippen molar-refractivity contribution in [3.8, 4) is 0 Å².